The topological polar surface area (TPSA) is 0 Å². The first kappa shape index (κ1) is 25.2. The van der Waals surface area contributed by atoms with Crippen LogP contribution >= 0.6 is 0 Å². The second-order valence-corrected chi connectivity index (χ2v) is 9.00. The van der Waals surface area contributed by atoms with Crippen molar-refractivity contribution >= 4 is 5.57 Å². The third-order valence-corrected chi connectivity index (χ3v) is 7.34. The molecule has 1 saturated carbocycles. The summed E-state index contributed by atoms with van der Waals surface area (Å²) >= 11 is 0. The molecule has 6 rings (SSSR count). The Bertz CT molecular complexity index is 1220. The maximum absolute atomic E-state index is 2.44. The molecule has 0 bridgehead atoms. The summed E-state index contributed by atoms with van der Waals surface area (Å²) in [6, 6.07) is 22.8. The molecular weight excluding hydrogens is 510 g/mol. The van der Waals surface area contributed by atoms with Crippen molar-refractivity contribution in [2.24, 2.45) is 5.92 Å². The zero-order valence-electron chi connectivity index (χ0n) is 18.5. The van der Waals surface area contributed by atoms with Gasteiger partial charge in [0.1, 0.15) is 0 Å². The molecule has 0 saturated heterocycles. The summed E-state index contributed by atoms with van der Waals surface area (Å²) in [7, 11) is 0. The maximum atomic E-state index is 2.44. The molecule has 3 aromatic carbocycles. The van der Waals surface area contributed by atoms with E-state index in [1.54, 1.807) is 11.1 Å². The van der Waals surface area contributed by atoms with E-state index in [1.807, 2.05) is 0 Å². The number of hydrogen-bond donors (Lipinski definition) is 0. The summed E-state index contributed by atoms with van der Waals surface area (Å²) in [6.45, 7) is 4.47. The summed E-state index contributed by atoms with van der Waals surface area (Å²) in [5.41, 5.74) is 14.9. The summed E-state index contributed by atoms with van der Waals surface area (Å²) < 4.78 is 0. The number of benzene rings is 3. The van der Waals surface area contributed by atoms with Gasteiger partial charge in [0.05, 0.1) is 0 Å². The van der Waals surface area contributed by atoms with Crippen LogP contribution in [-0.2, 0) is 32.6 Å². The van der Waals surface area contributed by atoms with Gasteiger partial charge in [-0.2, -0.15) is 0 Å². The zero-order valence-corrected chi connectivity index (χ0v) is 22.4. The van der Waals surface area contributed by atoms with Crippen LogP contribution in [-0.4, -0.2) is 0 Å². The van der Waals surface area contributed by atoms with E-state index in [1.165, 1.54) is 57.3 Å². The Morgan fingerprint density at radius 3 is 2.25 bits per heavy atom. The van der Waals surface area contributed by atoms with Gasteiger partial charge in [0.25, 0.3) is 0 Å². The van der Waals surface area contributed by atoms with Crippen molar-refractivity contribution in [2.45, 2.75) is 39.0 Å². The average Bonchev–Trinajstić information content (AvgIpc) is 3.41. The molecule has 160 valence electrons. The van der Waals surface area contributed by atoms with Gasteiger partial charge in [-0.3, -0.25) is 0 Å². The second-order valence-electron chi connectivity index (χ2n) is 9.00. The van der Waals surface area contributed by atoms with E-state index in [2.05, 4.69) is 86.7 Å². The van der Waals surface area contributed by atoms with Crippen LogP contribution in [0, 0.1) is 19.8 Å². The Morgan fingerprint density at radius 2 is 1.44 bits per heavy atom. The SMILES string of the molecule is Cc1ccc(C2CCC3C(c4cccc5c4Cc4ccccc4-5)=CC=C32)c(C)c1.[Cl-].[Cl-].[Zr+2]. The first-order valence-electron chi connectivity index (χ1n) is 10.9. The maximum Gasteiger partial charge on any atom is 2.00 e. The Balaban J connectivity index is 0.000000963. The smallest absolute Gasteiger partial charge is 1.00 e. The van der Waals surface area contributed by atoms with Crippen molar-refractivity contribution in [3.8, 4) is 11.1 Å². The molecule has 0 aliphatic heterocycles. The molecule has 0 N–H and O–H groups in total. The van der Waals surface area contributed by atoms with E-state index in [9.17, 15) is 0 Å². The van der Waals surface area contributed by atoms with Crippen molar-refractivity contribution in [1.82, 2.24) is 0 Å². The van der Waals surface area contributed by atoms with E-state index in [-0.39, 0.29) is 51.0 Å². The van der Waals surface area contributed by atoms with Crippen LogP contribution in [0.3, 0.4) is 0 Å². The van der Waals surface area contributed by atoms with Crippen LogP contribution in [0.1, 0.15) is 52.1 Å². The molecule has 3 aromatic rings. The fourth-order valence-corrected chi connectivity index (χ4v) is 6.04. The van der Waals surface area contributed by atoms with Gasteiger partial charge in [-0.25, -0.2) is 0 Å². The van der Waals surface area contributed by atoms with Gasteiger partial charge in [0.2, 0.25) is 0 Å². The fourth-order valence-electron chi connectivity index (χ4n) is 6.04. The molecule has 1 fully saturated rings. The van der Waals surface area contributed by atoms with Gasteiger partial charge in [-0.05, 0) is 77.6 Å². The summed E-state index contributed by atoms with van der Waals surface area (Å²) in [6.07, 6.45) is 8.48. The third-order valence-electron chi connectivity index (χ3n) is 7.34. The Hall–Kier alpha value is -1.40. The van der Waals surface area contributed by atoms with Crippen molar-refractivity contribution in [3.05, 3.63) is 112 Å². The third kappa shape index (κ3) is 3.92. The van der Waals surface area contributed by atoms with Crippen LogP contribution in [0.4, 0.5) is 0 Å². The predicted molar refractivity (Wildman–Crippen MR) is 122 cm³/mol. The summed E-state index contributed by atoms with van der Waals surface area (Å²) in [4.78, 5) is 0. The minimum absolute atomic E-state index is 0. The fraction of sp³-hybridized carbons (Fsp3) is 0.241. The molecule has 0 aromatic heterocycles. The van der Waals surface area contributed by atoms with Crippen LogP contribution < -0.4 is 24.8 Å². The normalized spacial score (nSPS) is 19.4. The first-order chi connectivity index (χ1) is 14.2. The standard InChI is InChI=1S/C29H26.2ClH.Zr/c1-18-10-11-21(19(2)16-18)25-12-13-28-26(14-15-27(25)28)24-9-5-8-23-22-7-4-3-6-20(22)17-29(23)24;;;/h3-11,14-16,25,28H,12-13,17H2,1-2H3;2*1H;/q;;;+2/p-2. The van der Waals surface area contributed by atoms with Gasteiger partial charge >= 0.3 is 26.2 Å². The Labute approximate surface area is 223 Å². The molecule has 0 radical (unpaired) electrons. The zero-order chi connectivity index (χ0) is 19.5. The van der Waals surface area contributed by atoms with E-state index in [4.69, 9.17) is 0 Å². The van der Waals surface area contributed by atoms with Gasteiger partial charge in [-0.1, -0.05) is 84.0 Å². The van der Waals surface area contributed by atoms with E-state index in [0.29, 0.717) is 11.8 Å². The molecule has 32 heavy (non-hydrogen) atoms. The molecule has 3 aliphatic rings. The molecular formula is C29H26Cl2Zr. The number of aryl methyl sites for hydroxylation is 2. The molecule has 2 atom stereocenters. The van der Waals surface area contributed by atoms with Crippen LogP contribution in [0.15, 0.2) is 78.4 Å². The monoisotopic (exact) mass is 534 g/mol. The van der Waals surface area contributed by atoms with E-state index >= 15 is 0 Å². The van der Waals surface area contributed by atoms with Crippen molar-refractivity contribution < 1.29 is 51.0 Å². The van der Waals surface area contributed by atoms with Crippen LogP contribution in [0.25, 0.3) is 16.7 Å². The van der Waals surface area contributed by atoms with Crippen molar-refractivity contribution in [2.75, 3.05) is 0 Å². The van der Waals surface area contributed by atoms with E-state index in [0.717, 1.165) is 6.42 Å². The molecule has 0 heterocycles. The summed E-state index contributed by atoms with van der Waals surface area (Å²) in [5.74, 6) is 1.18. The largest absolute Gasteiger partial charge is 2.00 e. The molecule has 3 aliphatic carbocycles. The minimum Gasteiger partial charge on any atom is -1.00 e. The number of halogens is 2. The summed E-state index contributed by atoms with van der Waals surface area (Å²) in [5, 5.41) is 0. The van der Waals surface area contributed by atoms with Crippen LogP contribution in [0.2, 0.25) is 0 Å². The Kier molecular flexibility index (Phi) is 7.76. The molecule has 2 unspecified atom stereocenters. The number of fused-ring (bicyclic) bond motifs is 4. The first-order valence-corrected chi connectivity index (χ1v) is 10.9. The number of rotatable bonds is 2. The van der Waals surface area contributed by atoms with Crippen molar-refractivity contribution in [3.63, 3.8) is 0 Å². The quantitative estimate of drug-likeness (QED) is 0.364. The van der Waals surface area contributed by atoms with E-state index < -0.39 is 0 Å². The molecule has 3 heteroatoms. The van der Waals surface area contributed by atoms with Gasteiger partial charge < -0.3 is 24.8 Å². The van der Waals surface area contributed by atoms with Crippen molar-refractivity contribution in [1.29, 1.82) is 0 Å². The number of hydrogen-bond acceptors (Lipinski definition) is 0. The van der Waals surface area contributed by atoms with Gasteiger partial charge in [-0.15, -0.1) is 0 Å². The Morgan fingerprint density at radius 1 is 0.719 bits per heavy atom. The predicted octanol–water partition coefficient (Wildman–Crippen LogP) is 1.40. The molecule has 0 spiro atoms. The van der Waals surface area contributed by atoms with Gasteiger partial charge in [0, 0.05) is 11.8 Å². The second kappa shape index (κ2) is 9.84. The van der Waals surface area contributed by atoms with Gasteiger partial charge in [0.15, 0.2) is 0 Å². The number of allylic oxidation sites excluding steroid dienone is 4. The molecule has 0 nitrogen and oxygen atoms in total. The minimum atomic E-state index is 0. The molecule has 0 amide bonds. The average molecular weight is 537 g/mol. The van der Waals surface area contributed by atoms with Crippen LogP contribution in [0.5, 0.6) is 0 Å².